The average Bonchev–Trinajstić information content (AvgIpc) is 3.05. The number of hydrogen-bond donors (Lipinski definition) is 1. The third-order valence-corrected chi connectivity index (χ3v) is 4.83. The Morgan fingerprint density at radius 2 is 1.81 bits per heavy atom. The Kier molecular flexibility index (Phi) is 4.34. The first kappa shape index (κ1) is 17.5. The quantitative estimate of drug-likeness (QED) is 0.673. The molecule has 1 aliphatic rings. The summed E-state index contributed by atoms with van der Waals surface area (Å²) >= 11 is 0. The summed E-state index contributed by atoms with van der Waals surface area (Å²) in [5.41, 5.74) is 6.36. The molecule has 4 rings (SSSR count). The average molecular weight is 360 g/mol. The van der Waals surface area contributed by atoms with Crippen LogP contribution < -0.4 is 5.32 Å². The largest absolute Gasteiger partial charge is 0.355 e. The second kappa shape index (κ2) is 6.69. The summed E-state index contributed by atoms with van der Waals surface area (Å²) in [5.74, 6) is 0.857. The zero-order valence-corrected chi connectivity index (χ0v) is 16.0. The third-order valence-electron chi connectivity index (χ3n) is 4.83. The van der Waals surface area contributed by atoms with E-state index >= 15 is 0 Å². The number of aryl methyl sites for hydroxylation is 1. The summed E-state index contributed by atoms with van der Waals surface area (Å²) in [5, 5.41) is 7.30. The van der Waals surface area contributed by atoms with Gasteiger partial charge in [-0.05, 0) is 48.1 Å². The molecule has 27 heavy (non-hydrogen) atoms. The Balaban J connectivity index is 1.56. The molecule has 0 radical (unpaired) electrons. The Bertz CT molecular complexity index is 978. The van der Waals surface area contributed by atoms with E-state index in [2.05, 4.69) is 49.4 Å². The van der Waals surface area contributed by atoms with Crippen molar-refractivity contribution in [3.8, 4) is 22.6 Å². The van der Waals surface area contributed by atoms with Crippen molar-refractivity contribution in [1.82, 2.24) is 5.16 Å². The van der Waals surface area contributed by atoms with Crippen LogP contribution in [0.5, 0.6) is 0 Å². The molecule has 4 nitrogen and oxygen atoms in total. The SMILES string of the molecule is CC(C)(C)CC(=O)Nc1ccc(-c2onc3c2CCc2ccccc2-3)cc1. The van der Waals surface area contributed by atoms with Crippen LogP contribution in [0.3, 0.4) is 0 Å². The van der Waals surface area contributed by atoms with Crippen LogP contribution in [0.4, 0.5) is 5.69 Å². The molecule has 0 aliphatic heterocycles. The van der Waals surface area contributed by atoms with Gasteiger partial charge in [-0.25, -0.2) is 0 Å². The summed E-state index contributed by atoms with van der Waals surface area (Å²) in [4.78, 5) is 12.1. The van der Waals surface area contributed by atoms with E-state index < -0.39 is 0 Å². The molecule has 2 aromatic carbocycles. The van der Waals surface area contributed by atoms with Gasteiger partial charge < -0.3 is 9.84 Å². The highest BCUT2D eigenvalue weighted by Gasteiger charge is 2.24. The summed E-state index contributed by atoms with van der Waals surface area (Å²) in [6.45, 7) is 6.17. The lowest BCUT2D eigenvalue weighted by atomic mass is 9.88. The van der Waals surface area contributed by atoms with Crippen LogP contribution in [-0.2, 0) is 17.6 Å². The van der Waals surface area contributed by atoms with Crippen molar-refractivity contribution < 1.29 is 9.32 Å². The number of anilines is 1. The van der Waals surface area contributed by atoms with E-state index in [1.54, 1.807) is 0 Å². The summed E-state index contributed by atoms with van der Waals surface area (Å²) in [6.07, 6.45) is 2.41. The molecule has 0 spiro atoms. The number of hydrogen-bond acceptors (Lipinski definition) is 3. The second-order valence-electron chi connectivity index (χ2n) is 8.36. The van der Waals surface area contributed by atoms with E-state index in [-0.39, 0.29) is 11.3 Å². The number of fused-ring (bicyclic) bond motifs is 3. The fourth-order valence-electron chi connectivity index (χ4n) is 3.60. The monoisotopic (exact) mass is 360 g/mol. The maximum Gasteiger partial charge on any atom is 0.224 e. The standard InChI is InChI=1S/C23H24N2O2/c1-23(2,3)14-20(26)24-17-11-8-16(9-12-17)22-19-13-10-15-6-4-5-7-18(15)21(19)25-27-22/h4-9,11-12H,10,13-14H2,1-3H3,(H,24,26). The Morgan fingerprint density at radius 3 is 2.56 bits per heavy atom. The second-order valence-corrected chi connectivity index (χ2v) is 8.36. The van der Waals surface area contributed by atoms with Gasteiger partial charge in [-0.15, -0.1) is 0 Å². The fraction of sp³-hybridized carbons (Fsp3) is 0.304. The minimum atomic E-state index is -0.0286. The van der Waals surface area contributed by atoms with Gasteiger partial charge in [0.25, 0.3) is 0 Å². The molecule has 1 N–H and O–H groups in total. The number of carbonyl (C=O) groups is 1. The number of benzene rings is 2. The molecular formula is C23H24N2O2. The molecule has 1 heterocycles. The van der Waals surface area contributed by atoms with Crippen LogP contribution >= 0.6 is 0 Å². The van der Waals surface area contributed by atoms with Gasteiger partial charge in [0.15, 0.2) is 5.76 Å². The number of nitrogens with one attached hydrogen (secondary N) is 1. The molecule has 0 saturated carbocycles. The first-order valence-corrected chi connectivity index (χ1v) is 9.38. The summed E-state index contributed by atoms with van der Waals surface area (Å²) < 4.78 is 5.71. The minimum Gasteiger partial charge on any atom is -0.355 e. The smallest absolute Gasteiger partial charge is 0.224 e. The fourth-order valence-corrected chi connectivity index (χ4v) is 3.60. The van der Waals surface area contributed by atoms with Crippen molar-refractivity contribution in [3.05, 3.63) is 59.7 Å². The number of rotatable bonds is 3. The summed E-state index contributed by atoms with van der Waals surface area (Å²) in [7, 11) is 0. The van der Waals surface area contributed by atoms with Gasteiger partial charge in [0.05, 0.1) is 0 Å². The van der Waals surface area contributed by atoms with Crippen molar-refractivity contribution in [2.24, 2.45) is 5.41 Å². The molecule has 0 atom stereocenters. The van der Waals surface area contributed by atoms with E-state index in [0.717, 1.165) is 35.5 Å². The van der Waals surface area contributed by atoms with Crippen LogP contribution in [0.2, 0.25) is 0 Å². The molecular weight excluding hydrogens is 336 g/mol. The Morgan fingerprint density at radius 1 is 1.07 bits per heavy atom. The van der Waals surface area contributed by atoms with Crippen molar-refractivity contribution >= 4 is 11.6 Å². The molecule has 0 unspecified atom stereocenters. The zero-order chi connectivity index (χ0) is 19.0. The van der Waals surface area contributed by atoms with E-state index in [0.29, 0.717) is 6.42 Å². The van der Waals surface area contributed by atoms with E-state index in [9.17, 15) is 4.79 Å². The molecule has 1 amide bonds. The molecule has 0 fully saturated rings. The normalized spacial score (nSPS) is 13.0. The van der Waals surface area contributed by atoms with Crippen LogP contribution in [0.25, 0.3) is 22.6 Å². The number of aromatic nitrogens is 1. The molecule has 1 aliphatic carbocycles. The van der Waals surface area contributed by atoms with Gasteiger partial charge in [0, 0.05) is 28.8 Å². The van der Waals surface area contributed by atoms with Gasteiger partial charge >= 0.3 is 0 Å². The lowest BCUT2D eigenvalue weighted by molar-refractivity contribution is -0.117. The van der Waals surface area contributed by atoms with Crippen LogP contribution in [0, 0.1) is 5.41 Å². The van der Waals surface area contributed by atoms with E-state index in [4.69, 9.17) is 4.52 Å². The van der Waals surface area contributed by atoms with Crippen molar-refractivity contribution in [1.29, 1.82) is 0 Å². The minimum absolute atomic E-state index is 0.0286. The first-order valence-electron chi connectivity index (χ1n) is 9.38. The third kappa shape index (κ3) is 3.65. The van der Waals surface area contributed by atoms with Crippen LogP contribution in [-0.4, -0.2) is 11.1 Å². The van der Waals surface area contributed by atoms with E-state index in [1.807, 2.05) is 30.3 Å². The van der Waals surface area contributed by atoms with Gasteiger partial charge in [-0.1, -0.05) is 50.2 Å². The van der Waals surface area contributed by atoms with Crippen LogP contribution in [0.15, 0.2) is 53.1 Å². The summed E-state index contributed by atoms with van der Waals surface area (Å²) in [6, 6.07) is 16.2. The van der Waals surface area contributed by atoms with Crippen molar-refractivity contribution in [3.63, 3.8) is 0 Å². The Hall–Kier alpha value is -2.88. The zero-order valence-electron chi connectivity index (χ0n) is 16.0. The number of amides is 1. The van der Waals surface area contributed by atoms with E-state index in [1.165, 1.54) is 16.7 Å². The molecule has 1 aromatic heterocycles. The van der Waals surface area contributed by atoms with Gasteiger partial charge in [0.1, 0.15) is 5.69 Å². The van der Waals surface area contributed by atoms with Gasteiger partial charge in [-0.3, -0.25) is 4.79 Å². The molecule has 138 valence electrons. The molecule has 3 aromatic rings. The topological polar surface area (TPSA) is 55.1 Å². The molecule has 0 saturated heterocycles. The van der Waals surface area contributed by atoms with Crippen molar-refractivity contribution in [2.75, 3.05) is 5.32 Å². The maximum atomic E-state index is 12.1. The molecule has 0 bridgehead atoms. The van der Waals surface area contributed by atoms with Crippen molar-refractivity contribution in [2.45, 2.75) is 40.0 Å². The highest BCUT2D eigenvalue weighted by molar-refractivity contribution is 5.91. The molecule has 4 heteroatoms. The highest BCUT2D eigenvalue weighted by Crippen LogP contribution is 2.38. The number of carbonyl (C=O) groups excluding carboxylic acids is 1. The van der Waals surface area contributed by atoms with Gasteiger partial charge in [-0.2, -0.15) is 0 Å². The highest BCUT2D eigenvalue weighted by atomic mass is 16.5. The maximum absolute atomic E-state index is 12.1. The van der Waals surface area contributed by atoms with Gasteiger partial charge in [0.2, 0.25) is 5.91 Å². The predicted octanol–water partition coefficient (Wildman–Crippen LogP) is 5.48. The van der Waals surface area contributed by atoms with Crippen LogP contribution in [0.1, 0.15) is 38.3 Å². The Labute approximate surface area is 159 Å². The predicted molar refractivity (Wildman–Crippen MR) is 107 cm³/mol. The lowest BCUT2D eigenvalue weighted by Gasteiger charge is -2.17. The lowest BCUT2D eigenvalue weighted by Crippen LogP contribution is -2.19. The number of nitrogens with zero attached hydrogens (tertiary/aromatic N) is 1. The first-order chi connectivity index (χ1) is 12.9.